The van der Waals surface area contributed by atoms with Gasteiger partial charge in [0.1, 0.15) is 0 Å². The van der Waals surface area contributed by atoms with Crippen molar-refractivity contribution in [1.29, 1.82) is 0 Å². The molecule has 2 N–H and O–H groups in total. The molecule has 1 aromatic rings. The van der Waals surface area contributed by atoms with Gasteiger partial charge in [-0.15, -0.1) is 0 Å². The molecule has 1 heterocycles. The highest BCUT2D eigenvalue weighted by molar-refractivity contribution is 5.93. The molecular formula is C18H29N3O2. The van der Waals surface area contributed by atoms with Crippen LogP contribution in [-0.4, -0.2) is 44.8 Å². The van der Waals surface area contributed by atoms with Crippen molar-refractivity contribution in [3.8, 4) is 0 Å². The minimum absolute atomic E-state index is 0.0123. The number of hydrogen-bond acceptors (Lipinski definition) is 4. The Kier molecular flexibility index (Phi) is 6.86. The summed E-state index contributed by atoms with van der Waals surface area (Å²) < 4.78 is 5.53. The molecule has 1 amide bonds. The number of hydrogen-bond donors (Lipinski definition) is 2. The molecule has 1 aliphatic heterocycles. The maximum atomic E-state index is 12.0. The molecular weight excluding hydrogens is 290 g/mol. The Bertz CT molecular complexity index is 509. The SMILES string of the molecule is CCN(CC)c1ccc(NC(=O)CNCC2CCCO2)c(C)c1. The summed E-state index contributed by atoms with van der Waals surface area (Å²) in [5.41, 5.74) is 3.16. The maximum Gasteiger partial charge on any atom is 0.238 e. The van der Waals surface area contributed by atoms with Crippen LogP contribution in [0.25, 0.3) is 0 Å². The second kappa shape index (κ2) is 8.89. The van der Waals surface area contributed by atoms with Gasteiger partial charge in [-0.1, -0.05) is 0 Å². The fraction of sp³-hybridized carbons (Fsp3) is 0.611. The first-order valence-electron chi connectivity index (χ1n) is 8.61. The minimum Gasteiger partial charge on any atom is -0.377 e. The van der Waals surface area contributed by atoms with Gasteiger partial charge in [0.15, 0.2) is 0 Å². The number of ether oxygens (including phenoxy) is 1. The second-order valence-electron chi connectivity index (χ2n) is 5.99. The van der Waals surface area contributed by atoms with E-state index in [1.807, 2.05) is 13.0 Å². The Morgan fingerprint density at radius 2 is 2.13 bits per heavy atom. The van der Waals surface area contributed by atoms with Gasteiger partial charge in [0.05, 0.1) is 12.6 Å². The summed E-state index contributed by atoms with van der Waals surface area (Å²) in [5.74, 6) is -0.0123. The van der Waals surface area contributed by atoms with E-state index >= 15 is 0 Å². The Morgan fingerprint density at radius 1 is 1.35 bits per heavy atom. The molecule has 0 saturated carbocycles. The molecule has 1 aromatic carbocycles. The molecule has 1 saturated heterocycles. The number of amides is 1. The number of nitrogens with zero attached hydrogens (tertiary/aromatic N) is 1. The lowest BCUT2D eigenvalue weighted by molar-refractivity contribution is -0.115. The molecule has 0 bridgehead atoms. The van der Waals surface area contributed by atoms with Gasteiger partial charge in [-0.05, 0) is 57.4 Å². The van der Waals surface area contributed by atoms with E-state index in [2.05, 4.69) is 41.5 Å². The Balaban J connectivity index is 1.82. The normalized spacial score (nSPS) is 17.3. The van der Waals surface area contributed by atoms with Crippen molar-refractivity contribution < 1.29 is 9.53 Å². The van der Waals surface area contributed by atoms with Crippen molar-refractivity contribution in [2.24, 2.45) is 0 Å². The number of carbonyl (C=O) groups excluding carboxylic acids is 1. The van der Waals surface area contributed by atoms with Gasteiger partial charge >= 0.3 is 0 Å². The molecule has 23 heavy (non-hydrogen) atoms. The molecule has 0 spiro atoms. The first-order chi connectivity index (χ1) is 11.1. The van der Waals surface area contributed by atoms with Crippen molar-refractivity contribution in [3.63, 3.8) is 0 Å². The third kappa shape index (κ3) is 5.22. The summed E-state index contributed by atoms with van der Waals surface area (Å²) in [6.07, 6.45) is 2.47. The molecule has 0 radical (unpaired) electrons. The molecule has 1 atom stereocenters. The Hall–Kier alpha value is -1.59. The smallest absolute Gasteiger partial charge is 0.238 e. The zero-order valence-corrected chi connectivity index (χ0v) is 14.5. The van der Waals surface area contributed by atoms with E-state index in [4.69, 9.17) is 4.74 Å². The van der Waals surface area contributed by atoms with E-state index in [9.17, 15) is 4.79 Å². The molecule has 0 aromatic heterocycles. The molecule has 1 aliphatic rings. The maximum absolute atomic E-state index is 12.0. The fourth-order valence-corrected chi connectivity index (χ4v) is 2.92. The van der Waals surface area contributed by atoms with Crippen LogP contribution in [0.3, 0.4) is 0 Å². The highest BCUT2D eigenvalue weighted by atomic mass is 16.5. The standard InChI is InChI=1S/C18H29N3O2/c1-4-21(5-2)15-8-9-17(14(3)11-15)20-18(22)13-19-12-16-7-6-10-23-16/h8-9,11,16,19H,4-7,10,12-13H2,1-3H3,(H,20,22). The molecule has 128 valence electrons. The summed E-state index contributed by atoms with van der Waals surface area (Å²) in [6, 6.07) is 6.18. The largest absolute Gasteiger partial charge is 0.377 e. The van der Waals surface area contributed by atoms with Gasteiger partial charge in [0.25, 0.3) is 0 Å². The van der Waals surface area contributed by atoms with Gasteiger partial charge in [-0.2, -0.15) is 0 Å². The zero-order chi connectivity index (χ0) is 16.7. The molecule has 5 heteroatoms. The summed E-state index contributed by atoms with van der Waals surface area (Å²) in [6.45, 7) is 10.2. The van der Waals surface area contributed by atoms with Gasteiger partial charge in [-0.25, -0.2) is 0 Å². The van der Waals surface area contributed by atoms with E-state index in [0.29, 0.717) is 6.54 Å². The van der Waals surface area contributed by atoms with Crippen LogP contribution in [0.2, 0.25) is 0 Å². The van der Waals surface area contributed by atoms with Crippen LogP contribution >= 0.6 is 0 Å². The van der Waals surface area contributed by atoms with Crippen molar-refractivity contribution in [1.82, 2.24) is 5.32 Å². The van der Waals surface area contributed by atoms with Crippen molar-refractivity contribution in [2.75, 3.05) is 43.0 Å². The number of anilines is 2. The van der Waals surface area contributed by atoms with E-state index in [0.717, 1.165) is 50.3 Å². The zero-order valence-electron chi connectivity index (χ0n) is 14.5. The molecule has 2 rings (SSSR count). The van der Waals surface area contributed by atoms with Crippen LogP contribution in [0, 0.1) is 6.92 Å². The summed E-state index contributed by atoms with van der Waals surface area (Å²) in [7, 11) is 0. The van der Waals surface area contributed by atoms with Gasteiger partial charge in [0, 0.05) is 37.6 Å². The lowest BCUT2D eigenvalue weighted by Gasteiger charge is -2.22. The first kappa shape index (κ1) is 17.8. The average molecular weight is 319 g/mol. The van der Waals surface area contributed by atoms with Gasteiger partial charge in [-0.3, -0.25) is 4.79 Å². The topological polar surface area (TPSA) is 53.6 Å². The molecule has 1 fully saturated rings. The predicted molar refractivity (Wildman–Crippen MR) is 95.2 cm³/mol. The first-order valence-corrected chi connectivity index (χ1v) is 8.61. The van der Waals surface area contributed by atoms with Crippen molar-refractivity contribution in [3.05, 3.63) is 23.8 Å². The number of aryl methyl sites for hydroxylation is 1. The van der Waals surface area contributed by atoms with Crippen LogP contribution in [-0.2, 0) is 9.53 Å². The lowest BCUT2D eigenvalue weighted by atomic mass is 10.1. The number of rotatable bonds is 8. The minimum atomic E-state index is -0.0123. The van der Waals surface area contributed by atoms with E-state index in [-0.39, 0.29) is 12.0 Å². The third-order valence-corrected chi connectivity index (χ3v) is 4.29. The quantitative estimate of drug-likeness (QED) is 0.773. The van der Waals surface area contributed by atoms with E-state index in [1.54, 1.807) is 0 Å². The monoisotopic (exact) mass is 319 g/mol. The van der Waals surface area contributed by atoms with E-state index in [1.165, 1.54) is 5.69 Å². The Morgan fingerprint density at radius 3 is 2.74 bits per heavy atom. The lowest BCUT2D eigenvalue weighted by Crippen LogP contribution is -2.33. The third-order valence-electron chi connectivity index (χ3n) is 4.29. The van der Waals surface area contributed by atoms with Crippen LogP contribution in [0.4, 0.5) is 11.4 Å². The van der Waals surface area contributed by atoms with Crippen molar-refractivity contribution in [2.45, 2.75) is 39.7 Å². The highest BCUT2D eigenvalue weighted by Crippen LogP contribution is 2.22. The predicted octanol–water partition coefficient (Wildman–Crippen LogP) is 2.55. The second-order valence-corrected chi connectivity index (χ2v) is 5.99. The van der Waals surface area contributed by atoms with Crippen LogP contribution in [0.5, 0.6) is 0 Å². The summed E-state index contributed by atoms with van der Waals surface area (Å²) >= 11 is 0. The summed E-state index contributed by atoms with van der Waals surface area (Å²) in [5, 5.41) is 6.15. The fourth-order valence-electron chi connectivity index (χ4n) is 2.92. The van der Waals surface area contributed by atoms with E-state index < -0.39 is 0 Å². The van der Waals surface area contributed by atoms with Crippen molar-refractivity contribution >= 4 is 17.3 Å². The number of benzene rings is 1. The average Bonchev–Trinajstić information content (AvgIpc) is 3.04. The number of nitrogens with one attached hydrogen (secondary N) is 2. The molecule has 5 nitrogen and oxygen atoms in total. The van der Waals surface area contributed by atoms with Crippen LogP contribution < -0.4 is 15.5 Å². The van der Waals surface area contributed by atoms with Crippen LogP contribution in [0.15, 0.2) is 18.2 Å². The van der Waals surface area contributed by atoms with Gasteiger partial charge in [0.2, 0.25) is 5.91 Å². The van der Waals surface area contributed by atoms with Gasteiger partial charge < -0.3 is 20.3 Å². The Labute approximate surface area is 139 Å². The highest BCUT2D eigenvalue weighted by Gasteiger charge is 2.15. The molecule has 0 aliphatic carbocycles. The number of carbonyl (C=O) groups is 1. The summed E-state index contributed by atoms with van der Waals surface area (Å²) in [4.78, 5) is 14.3. The molecule has 1 unspecified atom stereocenters. The van der Waals surface area contributed by atoms with Crippen LogP contribution in [0.1, 0.15) is 32.3 Å².